The highest BCUT2D eigenvalue weighted by Gasteiger charge is 2.22. The van der Waals surface area contributed by atoms with Gasteiger partial charge in [-0.25, -0.2) is 0 Å². The minimum Gasteiger partial charge on any atom is -0.309 e. The van der Waals surface area contributed by atoms with Crippen molar-refractivity contribution in [2.24, 2.45) is 0 Å². The van der Waals surface area contributed by atoms with Crippen LogP contribution in [0.4, 0.5) is 17.1 Å². The van der Waals surface area contributed by atoms with Gasteiger partial charge in [-0.2, -0.15) is 0 Å². The molecule has 0 saturated carbocycles. The van der Waals surface area contributed by atoms with Gasteiger partial charge in [0.15, 0.2) is 0 Å². The van der Waals surface area contributed by atoms with Gasteiger partial charge in [-0.05, 0) is 122 Å². The molecule has 1 heterocycles. The highest BCUT2D eigenvalue weighted by Crippen LogP contribution is 2.46. The normalized spacial score (nSPS) is 11.4. The molecule has 0 amide bonds. The molecule has 0 fully saturated rings. The van der Waals surface area contributed by atoms with E-state index in [0.29, 0.717) is 0 Å². The zero-order valence-corrected chi connectivity index (χ0v) is 35.1. The number of aromatic nitrogens is 1. The second-order valence-corrected chi connectivity index (χ2v) is 16.5. The molecule has 0 bridgehead atoms. The molecule has 0 aliphatic heterocycles. The first-order valence-electron chi connectivity index (χ1n) is 22.0. The Morgan fingerprint density at radius 2 is 0.781 bits per heavy atom. The minimum absolute atomic E-state index is 1.08. The largest absolute Gasteiger partial charge is 0.309 e. The Bertz CT molecular complexity index is 3640. The monoisotopic (exact) mass is 814 g/mol. The van der Waals surface area contributed by atoms with Crippen LogP contribution in [0.25, 0.3) is 93.5 Å². The van der Waals surface area contributed by atoms with Crippen LogP contribution >= 0.6 is 0 Å². The Labute approximate surface area is 373 Å². The molecule has 0 saturated heterocycles. The zero-order chi connectivity index (χ0) is 42.4. The van der Waals surface area contributed by atoms with Crippen molar-refractivity contribution < 1.29 is 0 Å². The highest BCUT2D eigenvalue weighted by atomic mass is 15.1. The Balaban J connectivity index is 0.995. The van der Waals surface area contributed by atoms with E-state index in [1.54, 1.807) is 0 Å². The van der Waals surface area contributed by atoms with Crippen LogP contribution in [0.15, 0.2) is 255 Å². The number of rotatable bonds is 8. The third-order valence-corrected chi connectivity index (χ3v) is 12.8. The first kappa shape index (κ1) is 37.3. The lowest BCUT2D eigenvalue weighted by molar-refractivity contribution is 1.18. The van der Waals surface area contributed by atoms with Crippen LogP contribution in [0.5, 0.6) is 0 Å². The molecule has 300 valence electrons. The Hall–Kier alpha value is -8.46. The lowest BCUT2D eigenvalue weighted by Crippen LogP contribution is -2.12. The molecule has 64 heavy (non-hydrogen) atoms. The van der Waals surface area contributed by atoms with E-state index >= 15 is 0 Å². The molecule has 12 rings (SSSR count). The van der Waals surface area contributed by atoms with Crippen molar-refractivity contribution >= 4 is 60.4 Å². The summed E-state index contributed by atoms with van der Waals surface area (Å²) in [6.07, 6.45) is 0. The lowest BCUT2D eigenvalue weighted by Gasteiger charge is -2.30. The number of hydrogen-bond donors (Lipinski definition) is 0. The summed E-state index contributed by atoms with van der Waals surface area (Å²) >= 11 is 0. The summed E-state index contributed by atoms with van der Waals surface area (Å²) in [5, 5.41) is 7.51. The maximum absolute atomic E-state index is 2.44. The molecule has 0 aliphatic carbocycles. The van der Waals surface area contributed by atoms with E-state index in [2.05, 4.69) is 264 Å². The highest BCUT2D eigenvalue weighted by molar-refractivity contribution is 6.13. The van der Waals surface area contributed by atoms with E-state index < -0.39 is 0 Å². The molecule has 0 unspecified atom stereocenters. The Kier molecular flexibility index (Phi) is 9.20. The quantitative estimate of drug-likeness (QED) is 0.148. The van der Waals surface area contributed by atoms with Gasteiger partial charge in [-0.1, -0.05) is 188 Å². The van der Waals surface area contributed by atoms with Crippen LogP contribution in [0.3, 0.4) is 0 Å². The van der Waals surface area contributed by atoms with Gasteiger partial charge >= 0.3 is 0 Å². The van der Waals surface area contributed by atoms with Gasteiger partial charge in [0.25, 0.3) is 0 Å². The first-order valence-corrected chi connectivity index (χ1v) is 22.0. The SMILES string of the molecule is c1ccc(-c2ccccc2N(c2ccc(-c3ccc4ccccc4c3)cc2)c2ccc(-c3ccc(-n4c5ccccc5c5cc6ccccc6cc54)cc3)cc2-c2ccccc2)cc1. The van der Waals surface area contributed by atoms with Crippen LogP contribution in [0, 0.1) is 0 Å². The smallest absolute Gasteiger partial charge is 0.0547 e. The van der Waals surface area contributed by atoms with Crippen LogP contribution in [0.1, 0.15) is 0 Å². The first-order chi connectivity index (χ1) is 31.7. The van der Waals surface area contributed by atoms with Crippen LogP contribution in [0.2, 0.25) is 0 Å². The maximum atomic E-state index is 2.44. The Morgan fingerprint density at radius 3 is 1.52 bits per heavy atom. The van der Waals surface area contributed by atoms with E-state index in [4.69, 9.17) is 0 Å². The fourth-order valence-corrected chi connectivity index (χ4v) is 9.61. The summed E-state index contributed by atoms with van der Waals surface area (Å²) in [5.41, 5.74) is 16.2. The van der Waals surface area contributed by atoms with E-state index in [-0.39, 0.29) is 0 Å². The third-order valence-electron chi connectivity index (χ3n) is 12.8. The van der Waals surface area contributed by atoms with Crippen molar-refractivity contribution in [2.45, 2.75) is 0 Å². The summed E-state index contributed by atoms with van der Waals surface area (Å²) in [5.74, 6) is 0. The standard InChI is InChI=1S/C62H42N2/c1-3-16-46(17-4-1)55-23-11-13-25-59(55)63(53-34-29-44(30-35-53)51-28-27-43-15-7-8-20-48(43)39-51)61-38-33-52(40-57(61)47-18-5-2-6-19-47)45-31-36-54(37-32-45)64-60-26-14-12-24-56(60)58-41-49-21-9-10-22-50(49)42-62(58)64/h1-42H. The van der Waals surface area contributed by atoms with Gasteiger partial charge in [0.1, 0.15) is 0 Å². The van der Waals surface area contributed by atoms with Gasteiger partial charge in [-0.3, -0.25) is 0 Å². The van der Waals surface area contributed by atoms with Gasteiger partial charge in [-0.15, -0.1) is 0 Å². The number of benzene rings is 11. The van der Waals surface area contributed by atoms with Gasteiger partial charge in [0.05, 0.1) is 22.4 Å². The lowest BCUT2D eigenvalue weighted by atomic mass is 9.95. The second-order valence-electron chi connectivity index (χ2n) is 16.5. The predicted octanol–water partition coefficient (Wildman–Crippen LogP) is 17.2. The minimum atomic E-state index is 1.08. The predicted molar refractivity (Wildman–Crippen MR) is 272 cm³/mol. The molecular weight excluding hydrogens is 773 g/mol. The fourth-order valence-electron chi connectivity index (χ4n) is 9.61. The fraction of sp³-hybridized carbons (Fsp3) is 0. The van der Waals surface area contributed by atoms with Gasteiger partial charge < -0.3 is 9.47 Å². The summed E-state index contributed by atoms with van der Waals surface area (Å²) in [7, 11) is 0. The molecule has 2 nitrogen and oxygen atoms in total. The summed E-state index contributed by atoms with van der Waals surface area (Å²) in [6.45, 7) is 0. The molecule has 0 N–H and O–H groups in total. The topological polar surface area (TPSA) is 8.17 Å². The molecule has 2 heteroatoms. The molecule has 0 atom stereocenters. The molecule has 1 aromatic heterocycles. The van der Waals surface area contributed by atoms with Crippen LogP contribution in [-0.4, -0.2) is 4.57 Å². The average molecular weight is 815 g/mol. The summed E-state index contributed by atoms with van der Waals surface area (Å²) in [6, 6.07) is 92.8. The van der Waals surface area contributed by atoms with Crippen LogP contribution < -0.4 is 4.90 Å². The average Bonchev–Trinajstić information content (AvgIpc) is 3.69. The van der Waals surface area contributed by atoms with E-state index in [9.17, 15) is 0 Å². The molecule has 12 aromatic rings. The summed E-state index contributed by atoms with van der Waals surface area (Å²) in [4.78, 5) is 2.44. The van der Waals surface area contributed by atoms with Gasteiger partial charge in [0.2, 0.25) is 0 Å². The maximum Gasteiger partial charge on any atom is 0.0547 e. The molecular formula is C62H42N2. The number of fused-ring (bicyclic) bond motifs is 5. The second kappa shape index (κ2) is 15.8. The van der Waals surface area contributed by atoms with Crippen LogP contribution in [-0.2, 0) is 0 Å². The van der Waals surface area contributed by atoms with Crippen molar-refractivity contribution in [2.75, 3.05) is 4.90 Å². The number of anilines is 3. The van der Waals surface area contributed by atoms with E-state index in [0.717, 1.165) is 45.0 Å². The van der Waals surface area contributed by atoms with Gasteiger partial charge in [0, 0.05) is 33.3 Å². The number of hydrogen-bond acceptors (Lipinski definition) is 1. The molecule has 0 spiro atoms. The molecule has 11 aromatic carbocycles. The van der Waals surface area contributed by atoms with E-state index in [1.165, 1.54) is 65.6 Å². The van der Waals surface area contributed by atoms with Crippen molar-refractivity contribution in [3.05, 3.63) is 255 Å². The van der Waals surface area contributed by atoms with Crippen molar-refractivity contribution in [1.29, 1.82) is 0 Å². The summed E-state index contributed by atoms with van der Waals surface area (Å²) < 4.78 is 2.41. The Morgan fingerprint density at radius 1 is 0.266 bits per heavy atom. The third kappa shape index (κ3) is 6.61. The molecule has 0 radical (unpaired) electrons. The van der Waals surface area contributed by atoms with E-state index in [1.807, 2.05) is 0 Å². The van der Waals surface area contributed by atoms with Crippen molar-refractivity contribution in [3.63, 3.8) is 0 Å². The number of nitrogens with zero attached hydrogens (tertiary/aromatic N) is 2. The zero-order valence-electron chi connectivity index (χ0n) is 35.1. The van der Waals surface area contributed by atoms with Crippen molar-refractivity contribution in [3.8, 4) is 50.2 Å². The number of para-hydroxylation sites is 2. The molecule has 0 aliphatic rings. The van der Waals surface area contributed by atoms with Crippen molar-refractivity contribution in [1.82, 2.24) is 4.57 Å².